The molecular weight excluding hydrogens is 282 g/mol. The molecule has 1 amide bonds. The number of rotatable bonds is 4. The second-order valence-electron chi connectivity index (χ2n) is 5.50. The Balaban J connectivity index is 1.77. The molecule has 1 atom stereocenters. The molecule has 0 fully saturated rings. The maximum Gasteiger partial charge on any atom is 0.230 e. The van der Waals surface area contributed by atoms with Gasteiger partial charge in [-0.05, 0) is 36.5 Å². The van der Waals surface area contributed by atoms with Crippen LogP contribution in [0.1, 0.15) is 24.5 Å². The summed E-state index contributed by atoms with van der Waals surface area (Å²) in [5.41, 5.74) is 10.4. The predicted octanol–water partition coefficient (Wildman–Crippen LogP) is 2.83. The van der Waals surface area contributed by atoms with E-state index in [4.69, 9.17) is 5.73 Å². The third-order valence-electron chi connectivity index (χ3n) is 3.93. The average Bonchev–Trinajstić information content (AvgIpc) is 3.14. The average molecular weight is 301 g/mol. The van der Waals surface area contributed by atoms with E-state index >= 15 is 0 Å². The lowest BCUT2D eigenvalue weighted by atomic mass is 10.1. The summed E-state index contributed by atoms with van der Waals surface area (Å²) < 4.78 is 0. The number of nitrogens with one attached hydrogen (secondary N) is 1. The van der Waals surface area contributed by atoms with Crippen LogP contribution in [-0.2, 0) is 17.6 Å². The van der Waals surface area contributed by atoms with Gasteiger partial charge in [0, 0.05) is 23.4 Å². The van der Waals surface area contributed by atoms with Crippen LogP contribution in [0.3, 0.4) is 0 Å². The Morgan fingerprint density at radius 3 is 3.05 bits per heavy atom. The van der Waals surface area contributed by atoms with Gasteiger partial charge in [0.25, 0.3) is 0 Å². The molecule has 1 aromatic carbocycles. The van der Waals surface area contributed by atoms with Crippen LogP contribution in [0.5, 0.6) is 0 Å². The zero-order chi connectivity index (χ0) is 14.8. The first-order chi connectivity index (χ1) is 10.2. The lowest BCUT2D eigenvalue weighted by Crippen LogP contribution is -2.26. The summed E-state index contributed by atoms with van der Waals surface area (Å²) in [6, 6.07) is 6.55. The minimum atomic E-state index is -0.197. The largest absolute Gasteiger partial charge is 0.330 e. The van der Waals surface area contributed by atoms with E-state index in [-0.39, 0.29) is 11.8 Å². The monoisotopic (exact) mass is 301 g/mol. The fourth-order valence-electron chi connectivity index (χ4n) is 2.53. The number of benzene rings is 1. The van der Waals surface area contributed by atoms with Crippen LogP contribution in [0.4, 0.5) is 5.13 Å². The molecule has 0 bridgehead atoms. The molecule has 1 aliphatic rings. The maximum absolute atomic E-state index is 11.8. The standard InChI is InChI=1S/C16H19N3OS/c1-10(8-17)15(20)19-16-18-14(9-21-16)13-6-5-11-3-2-4-12(11)7-13/h5-7,9-10H,2-4,8,17H2,1H3,(H,18,19,20). The van der Waals surface area contributed by atoms with Crippen molar-refractivity contribution in [1.29, 1.82) is 0 Å². The van der Waals surface area contributed by atoms with Gasteiger partial charge in [-0.25, -0.2) is 4.98 Å². The number of aryl methyl sites for hydroxylation is 2. The SMILES string of the molecule is CC(CN)C(=O)Nc1nc(-c2ccc3c(c2)CCC3)cs1. The van der Waals surface area contributed by atoms with E-state index in [1.165, 1.54) is 35.3 Å². The summed E-state index contributed by atoms with van der Waals surface area (Å²) in [4.78, 5) is 16.3. The molecule has 0 saturated carbocycles. The third-order valence-corrected chi connectivity index (χ3v) is 4.69. The van der Waals surface area contributed by atoms with Crippen molar-refractivity contribution in [3.63, 3.8) is 0 Å². The van der Waals surface area contributed by atoms with Crippen LogP contribution < -0.4 is 11.1 Å². The highest BCUT2D eigenvalue weighted by atomic mass is 32.1. The number of aromatic nitrogens is 1. The van der Waals surface area contributed by atoms with Crippen molar-refractivity contribution in [3.8, 4) is 11.3 Å². The number of fused-ring (bicyclic) bond motifs is 1. The lowest BCUT2D eigenvalue weighted by Gasteiger charge is -2.06. The molecule has 110 valence electrons. The fraction of sp³-hybridized carbons (Fsp3) is 0.375. The van der Waals surface area contributed by atoms with Crippen LogP contribution in [0.2, 0.25) is 0 Å². The molecular formula is C16H19N3OS. The molecule has 1 heterocycles. The second kappa shape index (κ2) is 5.95. The molecule has 3 rings (SSSR count). The predicted molar refractivity (Wildman–Crippen MR) is 86.4 cm³/mol. The van der Waals surface area contributed by atoms with Crippen molar-refractivity contribution >= 4 is 22.4 Å². The summed E-state index contributed by atoms with van der Waals surface area (Å²) in [6.45, 7) is 2.15. The van der Waals surface area contributed by atoms with E-state index in [9.17, 15) is 4.79 Å². The van der Waals surface area contributed by atoms with Crippen molar-refractivity contribution in [2.45, 2.75) is 26.2 Å². The Morgan fingerprint density at radius 2 is 2.24 bits per heavy atom. The van der Waals surface area contributed by atoms with Crippen molar-refractivity contribution in [2.75, 3.05) is 11.9 Å². The van der Waals surface area contributed by atoms with Crippen LogP contribution >= 0.6 is 11.3 Å². The van der Waals surface area contributed by atoms with Gasteiger partial charge in [0.15, 0.2) is 5.13 Å². The molecule has 1 unspecified atom stereocenters. The zero-order valence-corrected chi connectivity index (χ0v) is 12.9. The summed E-state index contributed by atoms with van der Waals surface area (Å²) in [6.07, 6.45) is 3.59. The fourth-order valence-corrected chi connectivity index (χ4v) is 3.25. The Labute approximate surface area is 128 Å². The molecule has 3 N–H and O–H groups in total. The first-order valence-electron chi connectivity index (χ1n) is 7.26. The highest BCUT2D eigenvalue weighted by molar-refractivity contribution is 7.14. The number of nitrogens with two attached hydrogens (primary N) is 1. The minimum absolute atomic E-state index is 0.0765. The van der Waals surface area contributed by atoms with Crippen LogP contribution in [0, 0.1) is 5.92 Å². The highest BCUT2D eigenvalue weighted by Crippen LogP contribution is 2.30. The molecule has 21 heavy (non-hydrogen) atoms. The van der Waals surface area contributed by atoms with Gasteiger partial charge in [-0.1, -0.05) is 19.1 Å². The van der Waals surface area contributed by atoms with Gasteiger partial charge in [0.2, 0.25) is 5.91 Å². The number of amides is 1. The van der Waals surface area contributed by atoms with Gasteiger partial charge in [-0.2, -0.15) is 0 Å². The van der Waals surface area contributed by atoms with Crippen molar-refractivity contribution in [3.05, 3.63) is 34.7 Å². The van der Waals surface area contributed by atoms with Gasteiger partial charge in [-0.3, -0.25) is 4.79 Å². The molecule has 0 aliphatic heterocycles. The molecule has 0 saturated heterocycles. The Hall–Kier alpha value is -1.72. The van der Waals surface area contributed by atoms with Gasteiger partial charge in [-0.15, -0.1) is 11.3 Å². The molecule has 2 aromatic rings. The quantitative estimate of drug-likeness (QED) is 0.912. The molecule has 1 aliphatic carbocycles. The zero-order valence-electron chi connectivity index (χ0n) is 12.1. The second-order valence-corrected chi connectivity index (χ2v) is 6.36. The molecule has 0 radical (unpaired) electrons. The molecule has 4 nitrogen and oxygen atoms in total. The van der Waals surface area contributed by atoms with Gasteiger partial charge in [0.1, 0.15) is 0 Å². The van der Waals surface area contributed by atoms with E-state index in [1.54, 1.807) is 0 Å². The summed E-state index contributed by atoms with van der Waals surface area (Å²) in [5.74, 6) is -0.273. The smallest absolute Gasteiger partial charge is 0.230 e. The molecule has 1 aromatic heterocycles. The van der Waals surface area contributed by atoms with Crippen LogP contribution in [0.25, 0.3) is 11.3 Å². The van der Waals surface area contributed by atoms with Gasteiger partial charge < -0.3 is 11.1 Å². The maximum atomic E-state index is 11.8. The highest BCUT2D eigenvalue weighted by Gasteiger charge is 2.15. The number of nitrogens with zero attached hydrogens (tertiary/aromatic N) is 1. The number of carbonyl (C=O) groups is 1. The van der Waals surface area contributed by atoms with Gasteiger partial charge >= 0.3 is 0 Å². The first kappa shape index (κ1) is 14.2. The Bertz CT molecular complexity index is 665. The summed E-state index contributed by atoms with van der Waals surface area (Å²) in [5, 5.41) is 5.44. The topological polar surface area (TPSA) is 68.0 Å². The minimum Gasteiger partial charge on any atom is -0.330 e. The number of hydrogen-bond donors (Lipinski definition) is 2. The van der Waals surface area contributed by atoms with Crippen LogP contribution in [0.15, 0.2) is 23.6 Å². The van der Waals surface area contributed by atoms with E-state index < -0.39 is 0 Å². The normalized spacial score (nSPS) is 14.8. The molecule has 0 spiro atoms. The number of anilines is 1. The lowest BCUT2D eigenvalue weighted by molar-refractivity contribution is -0.119. The number of thiazole rings is 1. The van der Waals surface area contributed by atoms with E-state index in [0.29, 0.717) is 11.7 Å². The summed E-state index contributed by atoms with van der Waals surface area (Å²) in [7, 11) is 0. The Kier molecular flexibility index (Phi) is 4.03. The first-order valence-corrected chi connectivity index (χ1v) is 8.14. The van der Waals surface area contributed by atoms with E-state index in [1.807, 2.05) is 12.3 Å². The summed E-state index contributed by atoms with van der Waals surface area (Å²) >= 11 is 1.45. The Morgan fingerprint density at radius 1 is 1.43 bits per heavy atom. The third kappa shape index (κ3) is 2.99. The van der Waals surface area contributed by atoms with Gasteiger partial charge in [0.05, 0.1) is 5.69 Å². The number of hydrogen-bond acceptors (Lipinski definition) is 4. The van der Waals surface area contributed by atoms with Crippen molar-refractivity contribution in [1.82, 2.24) is 4.98 Å². The van der Waals surface area contributed by atoms with Crippen molar-refractivity contribution in [2.24, 2.45) is 11.7 Å². The van der Waals surface area contributed by atoms with Crippen LogP contribution in [-0.4, -0.2) is 17.4 Å². The van der Waals surface area contributed by atoms with Crippen molar-refractivity contribution < 1.29 is 4.79 Å². The van der Waals surface area contributed by atoms with E-state index in [2.05, 4.69) is 28.5 Å². The number of carbonyl (C=O) groups excluding carboxylic acids is 1. The molecule has 5 heteroatoms. The van der Waals surface area contributed by atoms with E-state index in [0.717, 1.165) is 17.7 Å².